The molecular weight excluding hydrogens is 366 g/mol. The third-order valence-corrected chi connectivity index (χ3v) is 10.7. The highest BCUT2D eigenvalue weighted by Crippen LogP contribution is 2.67. The van der Waals surface area contributed by atoms with E-state index in [0.29, 0.717) is 22.7 Å². The van der Waals surface area contributed by atoms with Crippen molar-refractivity contribution < 1.29 is 0 Å². The zero-order valence-electron chi connectivity index (χ0n) is 20.4. The summed E-state index contributed by atoms with van der Waals surface area (Å²) < 4.78 is 0. The summed E-state index contributed by atoms with van der Waals surface area (Å²) >= 11 is 0. The van der Waals surface area contributed by atoms with Crippen molar-refractivity contribution in [2.75, 3.05) is 0 Å². The van der Waals surface area contributed by atoms with E-state index in [1.165, 1.54) is 44.9 Å². The highest BCUT2D eigenvalue weighted by atomic mass is 16.3. The molecule has 0 spiro atoms. The second kappa shape index (κ2) is 8.21. The summed E-state index contributed by atoms with van der Waals surface area (Å²) in [4.78, 5) is 11.1. The van der Waals surface area contributed by atoms with Crippen LogP contribution in [0.3, 0.4) is 0 Å². The van der Waals surface area contributed by atoms with Crippen molar-refractivity contribution in [3.05, 3.63) is 28.7 Å². The molecule has 0 heterocycles. The van der Waals surface area contributed by atoms with Crippen LogP contribution < -0.4 is 0 Å². The van der Waals surface area contributed by atoms with Crippen molar-refractivity contribution in [2.45, 2.75) is 99.0 Å². The lowest BCUT2D eigenvalue weighted by molar-refractivity contribution is -0.0562. The molecule has 3 saturated carbocycles. The Balaban J connectivity index is 1.52. The van der Waals surface area contributed by atoms with E-state index in [1.54, 1.807) is 5.57 Å². The van der Waals surface area contributed by atoms with E-state index in [2.05, 4.69) is 64.9 Å². The number of hydrogen-bond acceptors (Lipinski definition) is 2. The van der Waals surface area contributed by atoms with Crippen LogP contribution >= 0.6 is 0 Å². The lowest BCUT2D eigenvalue weighted by atomic mass is 9.46. The molecule has 4 aliphatic rings. The molecule has 0 radical (unpaired) electrons. The topological polar surface area (TPSA) is 29.4 Å². The van der Waals surface area contributed by atoms with Gasteiger partial charge in [-0.3, -0.25) is 0 Å². The van der Waals surface area contributed by atoms with E-state index in [0.717, 1.165) is 36.0 Å². The maximum atomic E-state index is 11.1. The number of fused-ring (bicyclic) bond motifs is 5. The van der Waals surface area contributed by atoms with Gasteiger partial charge in [-0.1, -0.05) is 70.5 Å². The molecule has 2 unspecified atom stereocenters. The summed E-state index contributed by atoms with van der Waals surface area (Å²) in [7, 11) is 0. The summed E-state index contributed by atoms with van der Waals surface area (Å²) in [5.41, 5.74) is 2.43. The van der Waals surface area contributed by atoms with Crippen molar-refractivity contribution in [1.29, 1.82) is 0 Å². The van der Waals surface area contributed by atoms with Gasteiger partial charge in [0.2, 0.25) is 0 Å². The number of hydrogen-bond donors (Lipinski definition) is 0. The zero-order chi connectivity index (χ0) is 21.7. The zero-order valence-corrected chi connectivity index (χ0v) is 20.4. The van der Waals surface area contributed by atoms with Crippen LogP contribution in [-0.4, -0.2) is 6.04 Å². The van der Waals surface area contributed by atoms with Crippen molar-refractivity contribution in [3.63, 3.8) is 0 Å². The molecule has 30 heavy (non-hydrogen) atoms. The van der Waals surface area contributed by atoms with E-state index in [-0.39, 0.29) is 6.04 Å². The predicted octanol–water partition coefficient (Wildman–Crippen LogP) is 8.18. The van der Waals surface area contributed by atoms with Crippen molar-refractivity contribution >= 4 is 0 Å². The molecule has 0 N–H and O–H groups in total. The molecule has 4 aliphatic carbocycles. The molecule has 2 nitrogen and oxygen atoms in total. The number of rotatable bonds is 5. The van der Waals surface area contributed by atoms with Crippen LogP contribution in [0.1, 0.15) is 92.9 Å². The maximum absolute atomic E-state index is 11.1. The average Bonchev–Trinajstić information content (AvgIpc) is 3.08. The molecule has 0 aromatic heterocycles. The minimum atomic E-state index is -0.0600. The average molecular weight is 412 g/mol. The Morgan fingerprint density at radius 2 is 1.73 bits per heavy atom. The summed E-state index contributed by atoms with van der Waals surface area (Å²) in [5, 5.41) is 3.37. The molecule has 0 amide bonds. The highest BCUT2D eigenvalue weighted by Gasteiger charge is 2.59. The van der Waals surface area contributed by atoms with Gasteiger partial charge < -0.3 is 0 Å². The van der Waals surface area contributed by atoms with Gasteiger partial charge in [0.15, 0.2) is 0 Å². The molecule has 168 valence electrons. The third-order valence-electron chi connectivity index (χ3n) is 10.7. The third kappa shape index (κ3) is 3.55. The Bertz CT molecular complexity index is 707. The fourth-order valence-electron chi connectivity index (χ4n) is 8.40. The van der Waals surface area contributed by atoms with Crippen LogP contribution in [0.25, 0.3) is 0 Å². The molecule has 0 aromatic rings. The standard InChI is InChI=1S/C28H45NO/c1-18(2)19(3)7-8-20(4)24-11-12-25-23-10-9-21-17-22(29-30)13-15-27(21,5)26(23)14-16-28(24,25)6/h7-8,17-20,22-26H,9-16H2,1-6H3/t19?,20-,22?,23+,24-,25+,26+,27+,28-/m1/s1. The van der Waals surface area contributed by atoms with Crippen LogP contribution in [0.2, 0.25) is 0 Å². The Kier molecular flexibility index (Phi) is 6.10. The van der Waals surface area contributed by atoms with Gasteiger partial charge >= 0.3 is 0 Å². The number of nitroso groups, excluding NO2 is 1. The smallest absolute Gasteiger partial charge is 0.110 e. The molecule has 0 aliphatic heterocycles. The predicted molar refractivity (Wildman–Crippen MR) is 127 cm³/mol. The molecule has 4 rings (SSSR count). The van der Waals surface area contributed by atoms with Gasteiger partial charge in [-0.15, -0.1) is 0 Å². The maximum Gasteiger partial charge on any atom is 0.110 e. The van der Waals surface area contributed by atoms with Gasteiger partial charge in [0.05, 0.1) is 0 Å². The van der Waals surface area contributed by atoms with Gasteiger partial charge in [-0.25, -0.2) is 0 Å². The molecule has 0 bridgehead atoms. The highest BCUT2D eigenvalue weighted by molar-refractivity contribution is 5.26. The Morgan fingerprint density at radius 1 is 0.967 bits per heavy atom. The minimum Gasteiger partial charge on any atom is -0.150 e. The van der Waals surface area contributed by atoms with E-state index in [9.17, 15) is 4.91 Å². The normalized spacial score (nSPS) is 45.4. The summed E-state index contributed by atoms with van der Waals surface area (Å²) in [6.45, 7) is 14.7. The first-order chi connectivity index (χ1) is 14.2. The lowest BCUT2D eigenvalue weighted by Gasteiger charge is -2.58. The first-order valence-electron chi connectivity index (χ1n) is 12.9. The van der Waals surface area contributed by atoms with Crippen LogP contribution in [0, 0.1) is 57.2 Å². The molecule has 9 atom stereocenters. The second-order valence-electron chi connectivity index (χ2n) is 12.3. The van der Waals surface area contributed by atoms with Crippen LogP contribution in [-0.2, 0) is 0 Å². The summed E-state index contributed by atoms with van der Waals surface area (Å²) in [6.07, 6.45) is 17.7. The molecule has 3 fully saturated rings. The van der Waals surface area contributed by atoms with Crippen molar-refractivity contribution in [2.24, 2.45) is 57.4 Å². The molecular formula is C28H45NO. The fraction of sp³-hybridized carbons (Fsp3) is 0.857. The van der Waals surface area contributed by atoms with E-state index in [1.807, 2.05) is 0 Å². The van der Waals surface area contributed by atoms with E-state index < -0.39 is 0 Å². The van der Waals surface area contributed by atoms with Crippen LogP contribution in [0.5, 0.6) is 0 Å². The SMILES string of the molecule is CC(C)C(C)C=C[C@@H](C)[C@H]1CC[C@H]2[C@@H]3CCC4=CC(N=O)CC[C@]4(C)[C@H]3CC[C@]12C. The van der Waals surface area contributed by atoms with Gasteiger partial charge in [0.25, 0.3) is 0 Å². The number of allylic oxidation sites excluding steroid dienone is 3. The summed E-state index contributed by atoms with van der Waals surface area (Å²) in [6, 6.07) is -0.0600. The van der Waals surface area contributed by atoms with Gasteiger partial charge in [0, 0.05) is 0 Å². The van der Waals surface area contributed by atoms with E-state index in [4.69, 9.17) is 0 Å². The first-order valence-corrected chi connectivity index (χ1v) is 12.9. The van der Waals surface area contributed by atoms with Crippen molar-refractivity contribution in [1.82, 2.24) is 0 Å². The Labute approximate surface area is 185 Å². The first kappa shape index (κ1) is 22.3. The quantitative estimate of drug-likeness (QED) is 0.331. The van der Waals surface area contributed by atoms with Crippen molar-refractivity contribution in [3.8, 4) is 0 Å². The number of nitrogens with zero attached hydrogens (tertiary/aromatic N) is 1. The van der Waals surface area contributed by atoms with Crippen LogP contribution in [0.4, 0.5) is 0 Å². The fourth-order valence-corrected chi connectivity index (χ4v) is 8.40. The Morgan fingerprint density at radius 3 is 2.43 bits per heavy atom. The second-order valence-corrected chi connectivity index (χ2v) is 12.3. The molecule has 0 aromatic carbocycles. The van der Waals surface area contributed by atoms with Gasteiger partial charge in [0.1, 0.15) is 6.04 Å². The van der Waals surface area contributed by atoms with E-state index >= 15 is 0 Å². The van der Waals surface area contributed by atoms with Gasteiger partial charge in [-0.05, 0) is 104 Å². The lowest BCUT2D eigenvalue weighted by Crippen LogP contribution is -2.51. The van der Waals surface area contributed by atoms with Gasteiger partial charge in [-0.2, -0.15) is 4.91 Å². The molecule has 0 saturated heterocycles. The monoisotopic (exact) mass is 411 g/mol. The van der Waals surface area contributed by atoms with Crippen LogP contribution in [0.15, 0.2) is 29.0 Å². The summed E-state index contributed by atoms with van der Waals surface area (Å²) in [5.74, 6) is 5.56. The Hall–Kier alpha value is -0.920. The largest absolute Gasteiger partial charge is 0.150 e. The molecule has 2 heteroatoms. The minimum absolute atomic E-state index is 0.0600.